The summed E-state index contributed by atoms with van der Waals surface area (Å²) in [5.74, 6) is 0. The van der Waals surface area contributed by atoms with Gasteiger partial charge >= 0.3 is 26.2 Å². The Morgan fingerprint density at radius 2 is 0.750 bits per heavy atom. The van der Waals surface area contributed by atoms with Gasteiger partial charge in [0.25, 0.3) is 0 Å². The van der Waals surface area contributed by atoms with Gasteiger partial charge in [-0.2, -0.15) is 0 Å². The van der Waals surface area contributed by atoms with Crippen LogP contribution in [0.3, 0.4) is 0 Å². The van der Waals surface area contributed by atoms with Crippen molar-refractivity contribution in [1.82, 2.24) is 0 Å². The van der Waals surface area contributed by atoms with E-state index in [0.717, 1.165) is 0 Å². The average molecular weight is 200 g/mol. The van der Waals surface area contributed by atoms with Gasteiger partial charge in [-0.05, 0) is 0 Å². The quantitative estimate of drug-likeness (QED) is 0.364. The summed E-state index contributed by atoms with van der Waals surface area (Å²) in [6.45, 7) is 0. The first kappa shape index (κ1) is 42.3. The van der Waals surface area contributed by atoms with Gasteiger partial charge in [0.2, 0.25) is 0 Å². The van der Waals surface area contributed by atoms with Crippen LogP contribution in [0.1, 0.15) is 0 Å². The maximum absolute atomic E-state index is 0. The molecule has 0 aromatic rings. The Kier molecular flexibility index (Phi) is 230. The maximum Gasteiger partial charge on any atom is 4.00 e. The third kappa shape index (κ3) is 9.26. The van der Waals surface area contributed by atoms with Crippen LogP contribution >= 0.6 is 0 Å². The molecule has 4 heavy (non-hydrogen) atoms. The standard InChI is InChI=1S/ClH2.2ClH.Zr/h1H2;2*1H;/q+1;;;+4/p-2. The molecule has 24 valence electrons. The van der Waals surface area contributed by atoms with Crippen molar-refractivity contribution in [3.8, 4) is 0 Å². The first-order valence-corrected chi connectivity index (χ1v) is 0. The van der Waals surface area contributed by atoms with E-state index in [4.69, 9.17) is 0 Å². The second kappa shape index (κ2) is 21.8. The summed E-state index contributed by atoms with van der Waals surface area (Å²) >= 11 is 0. The summed E-state index contributed by atoms with van der Waals surface area (Å²) < 4.78 is 0. The van der Waals surface area contributed by atoms with E-state index in [1.165, 1.54) is 0 Å². The van der Waals surface area contributed by atoms with E-state index in [-0.39, 0.29) is 63.4 Å². The summed E-state index contributed by atoms with van der Waals surface area (Å²) in [5, 5.41) is 0. The summed E-state index contributed by atoms with van der Waals surface area (Å²) in [6.07, 6.45) is 0. The van der Waals surface area contributed by atoms with E-state index < -0.39 is 0 Å². The summed E-state index contributed by atoms with van der Waals surface area (Å²) in [5.41, 5.74) is 0. The van der Waals surface area contributed by atoms with Crippen molar-refractivity contribution in [3.63, 3.8) is 0 Å². The Hall–Kier alpha value is 1.75. The smallest absolute Gasteiger partial charge is 1.00 e. The third-order valence-corrected chi connectivity index (χ3v) is 0. The zero-order valence-corrected chi connectivity index (χ0v) is 6.57. The van der Waals surface area contributed by atoms with Gasteiger partial charge in [-0.1, -0.05) is 0 Å². The minimum Gasteiger partial charge on any atom is -1.00 e. The number of halogens is 3. The summed E-state index contributed by atoms with van der Waals surface area (Å²) in [4.78, 5) is 0. The Morgan fingerprint density at radius 1 is 0.750 bits per heavy atom. The largest absolute Gasteiger partial charge is 4.00 e. The molecule has 0 atom stereocenters. The second-order valence-corrected chi connectivity index (χ2v) is 0. The van der Waals surface area contributed by atoms with Crippen LogP contribution < -0.4 is 24.8 Å². The fraction of sp³-hybridized carbons (Fsp3) is 0. The molecule has 0 aliphatic heterocycles. The molecule has 0 unspecified atom stereocenters. The molecule has 0 heterocycles. The third-order valence-electron chi connectivity index (χ3n) is 0. The fourth-order valence-corrected chi connectivity index (χ4v) is 0. The van der Waals surface area contributed by atoms with E-state index in [1.807, 2.05) is 0 Å². The Morgan fingerprint density at radius 3 is 0.750 bits per heavy atom. The van der Waals surface area contributed by atoms with Crippen molar-refractivity contribution in [1.29, 1.82) is 0 Å². The van der Waals surface area contributed by atoms with E-state index in [1.54, 1.807) is 0 Å². The molecule has 0 spiro atoms. The molecule has 4 heteroatoms. The van der Waals surface area contributed by atoms with E-state index in [0.29, 0.717) is 0 Å². The average Bonchev–Trinajstić information content (AvgIpc) is 0. The number of rotatable bonds is 0. The molecule has 0 nitrogen and oxygen atoms in total. The molecule has 0 bridgehead atoms. The molecule has 0 radical (unpaired) electrons. The van der Waals surface area contributed by atoms with Crippen LogP contribution in [-0.2, 0) is 26.2 Å². The zero-order valence-electron chi connectivity index (χ0n) is 1.70. The number of hydrogen-bond donors (Lipinski definition) is 0. The van der Waals surface area contributed by atoms with Crippen LogP contribution in [0, 0.1) is 12.4 Å². The van der Waals surface area contributed by atoms with Gasteiger partial charge in [-0.3, -0.25) is 0 Å². The molecule has 0 aromatic carbocycles. The first-order valence-electron chi connectivity index (χ1n) is 0. The predicted octanol–water partition coefficient (Wildman–Crippen LogP) is -6.53. The van der Waals surface area contributed by atoms with Crippen LogP contribution in [0.15, 0.2) is 0 Å². The molecule has 0 aliphatic rings. The Bertz CT molecular complexity index is 3.25. The van der Waals surface area contributed by atoms with Gasteiger partial charge in [0.15, 0.2) is 0 Å². The SMILES string of the molecule is [Cl-].[Cl-].[ClH2+].[Zr+4]. The molecule has 0 amide bonds. The molecule has 0 N–H and O–H groups in total. The van der Waals surface area contributed by atoms with Crippen molar-refractivity contribution in [3.05, 3.63) is 0 Å². The van der Waals surface area contributed by atoms with Crippen molar-refractivity contribution in [2.45, 2.75) is 0 Å². The molecule has 0 aliphatic carbocycles. The Balaban J connectivity index is 0. The van der Waals surface area contributed by atoms with Crippen molar-refractivity contribution in [2.75, 3.05) is 0 Å². The minimum atomic E-state index is 0. The normalized spacial score (nSPS) is 0. The van der Waals surface area contributed by atoms with Crippen LogP contribution in [-0.4, -0.2) is 0 Å². The van der Waals surface area contributed by atoms with E-state index in [9.17, 15) is 0 Å². The monoisotopic (exact) mass is 197 g/mol. The van der Waals surface area contributed by atoms with Crippen molar-refractivity contribution in [2.24, 2.45) is 0 Å². The topological polar surface area (TPSA) is 0 Å². The van der Waals surface area contributed by atoms with Gasteiger partial charge in [0, 0.05) is 0 Å². The molecule has 0 rings (SSSR count). The van der Waals surface area contributed by atoms with Gasteiger partial charge in [0.1, 0.15) is 0 Å². The van der Waals surface area contributed by atoms with Crippen LogP contribution in [0.25, 0.3) is 0 Å². The summed E-state index contributed by atoms with van der Waals surface area (Å²) in [7, 11) is 0. The Labute approximate surface area is 63.1 Å². The summed E-state index contributed by atoms with van der Waals surface area (Å²) in [6, 6.07) is 0. The zero-order chi connectivity index (χ0) is 0. The van der Waals surface area contributed by atoms with Crippen LogP contribution in [0.4, 0.5) is 0 Å². The molecule has 0 fully saturated rings. The predicted molar refractivity (Wildman–Crippen MR) is 2.79 cm³/mol. The molecular formula is H2Cl3Zr+3. The van der Waals surface area contributed by atoms with Crippen LogP contribution in [0.5, 0.6) is 0 Å². The number of hydrogen-bond acceptors (Lipinski definition) is 0. The maximum atomic E-state index is 0. The van der Waals surface area contributed by atoms with Crippen molar-refractivity contribution >= 4 is 0 Å². The molecule has 0 aromatic heterocycles. The minimum absolute atomic E-state index is 0. The van der Waals surface area contributed by atoms with Gasteiger partial charge in [-0.15, -0.1) is 0 Å². The van der Waals surface area contributed by atoms with Gasteiger partial charge < -0.3 is 24.8 Å². The molecule has 0 saturated carbocycles. The first-order chi connectivity index (χ1) is 0. The fourth-order valence-electron chi connectivity index (χ4n) is 0. The van der Waals surface area contributed by atoms with E-state index in [2.05, 4.69) is 0 Å². The molecular weight excluding hydrogens is 198 g/mol. The molecule has 0 saturated heterocycles. The van der Waals surface area contributed by atoms with Crippen LogP contribution in [0.2, 0.25) is 0 Å². The van der Waals surface area contributed by atoms with Crippen molar-refractivity contribution < 1.29 is 63.4 Å². The van der Waals surface area contributed by atoms with Gasteiger partial charge in [-0.25, -0.2) is 0 Å². The second-order valence-electron chi connectivity index (χ2n) is 0. The van der Waals surface area contributed by atoms with Gasteiger partial charge in [0.05, 0.1) is 12.4 Å². The van der Waals surface area contributed by atoms with E-state index >= 15 is 0 Å².